The van der Waals surface area contributed by atoms with Gasteiger partial charge in [0.25, 0.3) is 11.5 Å². The van der Waals surface area contributed by atoms with Crippen molar-refractivity contribution in [3.8, 4) is 11.5 Å². The second kappa shape index (κ2) is 8.15. The number of nitrogens with zero attached hydrogens (tertiary/aromatic N) is 1. The molecule has 0 unspecified atom stereocenters. The highest BCUT2D eigenvalue weighted by Gasteiger charge is 2.17. The van der Waals surface area contributed by atoms with Crippen molar-refractivity contribution in [2.75, 3.05) is 13.7 Å². The van der Waals surface area contributed by atoms with Crippen LogP contribution in [0, 0.1) is 6.92 Å². The Balaban J connectivity index is 2.28. The second-order valence-corrected chi connectivity index (χ2v) is 5.62. The van der Waals surface area contributed by atoms with Gasteiger partial charge in [0.2, 0.25) is 0 Å². The number of ketones is 1. The van der Waals surface area contributed by atoms with Crippen molar-refractivity contribution in [2.24, 2.45) is 12.8 Å². The van der Waals surface area contributed by atoms with Gasteiger partial charge in [-0.25, -0.2) is 0 Å². The van der Waals surface area contributed by atoms with Crippen LogP contribution in [-0.2, 0) is 11.8 Å². The molecule has 0 atom stereocenters. The number of aryl methyl sites for hydroxylation is 1. The lowest BCUT2D eigenvalue weighted by Crippen LogP contribution is -2.26. The van der Waals surface area contributed by atoms with E-state index in [4.69, 9.17) is 15.2 Å². The molecule has 0 saturated carbocycles. The number of carbonyl (C=O) groups excluding carboxylic acids is 2. The molecule has 0 saturated heterocycles. The van der Waals surface area contributed by atoms with E-state index in [1.165, 1.54) is 17.8 Å². The quantitative estimate of drug-likeness (QED) is 0.598. The number of amides is 1. The minimum Gasteiger partial charge on any atom is -0.496 e. The standard InChI is InChI=1S/C19H20N2O5/c1-12-9-16(25-3)18(19(24)21(12)2)15(22)8-7-13-5-4-6-14(10-13)26-11-17(20)23/h4-10H,11H2,1-3H3,(H2,20,23)/b8-7+. The van der Waals surface area contributed by atoms with Gasteiger partial charge in [-0.15, -0.1) is 0 Å². The molecule has 7 heteroatoms. The maximum Gasteiger partial charge on any atom is 0.265 e. The highest BCUT2D eigenvalue weighted by molar-refractivity contribution is 6.08. The van der Waals surface area contributed by atoms with Crippen LogP contribution in [0.3, 0.4) is 0 Å². The lowest BCUT2D eigenvalue weighted by Gasteiger charge is -2.10. The third-order valence-corrected chi connectivity index (χ3v) is 3.77. The number of carbonyl (C=O) groups is 2. The van der Waals surface area contributed by atoms with Gasteiger partial charge in [-0.1, -0.05) is 18.2 Å². The van der Waals surface area contributed by atoms with Crippen LogP contribution in [-0.4, -0.2) is 30.0 Å². The third kappa shape index (κ3) is 4.38. The molecule has 0 bridgehead atoms. The molecule has 136 valence electrons. The van der Waals surface area contributed by atoms with Crippen molar-refractivity contribution < 1.29 is 19.1 Å². The number of rotatable bonds is 7. The fraction of sp³-hybridized carbons (Fsp3) is 0.211. The van der Waals surface area contributed by atoms with Crippen LogP contribution < -0.4 is 20.8 Å². The van der Waals surface area contributed by atoms with Crippen LogP contribution in [0.2, 0.25) is 0 Å². The maximum atomic E-state index is 12.5. The summed E-state index contributed by atoms with van der Waals surface area (Å²) in [6.07, 6.45) is 2.85. The number of aromatic nitrogens is 1. The van der Waals surface area contributed by atoms with Gasteiger partial charge in [0, 0.05) is 18.8 Å². The molecule has 2 N–H and O–H groups in total. The second-order valence-electron chi connectivity index (χ2n) is 5.62. The zero-order chi connectivity index (χ0) is 19.3. The van der Waals surface area contributed by atoms with E-state index in [-0.39, 0.29) is 17.9 Å². The minimum atomic E-state index is -0.580. The summed E-state index contributed by atoms with van der Waals surface area (Å²) in [5.74, 6) is -0.365. The van der Waals surface area contributed by atoms with Gasteiger partial charge >= 0.3 is 0 Å². The van der Waals surface area contributed by atoms with Crippen LogP contribution in [0.15, 0.2) is 41.2 Å². The van der Waals surface area contributed by atoms with Crippen LogP contribution in [0.5, 0.6) is 11.5 Å². The summed E-state index contributed by atoms with van der Waals surface area (Å²) in [4.78, 5) is 35.7. The number of hydrogen-bond donors (Lipinski definition) is 1. The Kier molecular flexibility index (Phi) is 5.95. The molecule has 1 heterocycles. The van der Waals surface area contributed by atoms with E-state index >= 15 is 0 Å². The maximum absolute atomic E-state index is 12.5. The van der Waals surface area contributed by atoms with Gasteiger partial charge in [0.15, 0.2) is 12.4 Å². The molecule has 1 aromatic heterocycles. The Hall–Kier alpha value is -3.35. The number of primary amides is 1. The molecule has 7 nitrogen and oxygen atoms in total. The number of nitrogens with two attached hydrogens (primary N) is 1. The summed E-state index contributed by atoms with van der Waals surface area (Å²) in [6, 6.07) is 8.43. The highest BCUT2D eigenvalue weighted by Crippen LogP contribution is 2.18. The lowest BCUT2D eigenvalue weighted by atomic mass is 10.1. The Morgan fingerprint density at radius 2 is 2.00 bits per heavy atom. The molecule has 0 fully saturated rings. The van der Waals surface area contributed by atoms with Crippen LogP contribution >= 0.6 is 0 Å². The number of benzene rings is 1. The third-order valence-electron chi connectivity index (χ3n) is 3.77. The van der Waals surface area contributed by atoms with Gasteiger partial charge < -0.3 is 19.8 Å². The summed E-state index contributed by atoms with van der Waals surface area (Å²) >= 11 is 0. The molecule has 0 aliphatic heterocycles. The summed E-state index contributed by atoms with van der Waals surface area (Å²) in [5, 5.41) is 0. The minimum absolute atomic E-state index is 0.0296. The molecule has 1 aromatic carbocycles. The van der Waals surface area contributed by atoms with Crippen molar-refractivity contribution >= 4 is 17.8 Å². The van der Waals surface area contributed by atoms with Gasteiger partial charge in [0.1, 0.15) is 17.1 Å². The van der Waals surface area contributed by atoms with Crippen LogP contribution in [0.1, 0.15) is 21.6 Å². The molecule has 0 radical (unpaired) electrons. The fourth-order valence-corrected chi connectivity index (χ4v) is 2.30. The van der Waals surface area contributed by atoms with E-state index in [1.54, 1.807) is 50.4 Å². The normalized spacial score (nSPS) is 10.7. The smallest absolute Gasteiger partial charge is 0.265 e. The van der Waals surface area contributed by atoms with Crippen molar-refractivity contribution in [1.29, 1.82) is 0 Å². The van der Waals surface area contributed by atoms with E-state index in [9.17, 15) is 14.4 Å². The Morgan fingerprint density at radius 3 is 2.65 bits per heavy atom. The van der Waals surface area contributed by atoms with Crippen LogP contribution in [0.4, 0.5) is 0 Å². The van der Waals surface area contributed by atoms with Crippen molar-refractivity contribution in [3.05, 3.63) is 63.6 Å². The summed E-state index contributed by atoms with van der Waals surface area (Å²) < 4.78 is 11.8. The average molecular weight is 356 g/mol. The first-order valence-electron chi connectivity index (χ1n) is 7.81. The van der Waals surface area contributed by atoms with E-state index < -0.39 is 17.2 Å². The molecule has 1 amide bonds. The number of allylic oxidation sites excluding steroid dienone is 1. The van der Waals surface area contributed by atoms with Gasteiger partial charge in [-0.3, -0.25) is 14.4 Å². The topological polar surface area (TPSA) is 101 Å². The average Bonchev–Trinajstić information content (AvgIpc) is 2.62. The summed E-state index contributed by atoms with van der Waals surface area (Å²) in [6.45, 7) is 1.52. The Morgan fingerprint density at radius 1 is 1.27 bits per heavy atom. The molecular formula is C19H20N2O5. The molecular weight excluding hydrogens is 336 g/mol. The van der Waals surface area contributed by atoms with Gasteiger partial charge in [-0.05, 0) is 30.7 Å². The number of ether oxygens (including phenoxy) is 2. The monoisotopic (exact) mass is 356 g/mol. The predicted octanol–water partition coefficient (Wildman–Crippen LogP) is 1.46. The molecule has 0 spiro atoms. The van der Waals surface area contributed by atoms with E-state index in [1.807, 2.05) is 0 Å². The highest BCUT2D eigenvalue weighted by atomic mass is 16.5. The molecule has 0 aliphatic carbocycles. The van der Waals surface area contributed by atoms with Crippen molar-refractivity contribution in [2.45, 2.75) is 6.92 Å². The molecule has 26 heavy (non-hydrogen) atoms. The van der Waals surface area contributed by atoms with Crippen molar-refractivity contribution in [1.82, 2.24) is 4.57 Å². The fourth-order valence-electron chi connectivity index (χ4n) is 2.30. The zero-order valence-electron chi connectivity index (χ0n) is 14.8. The first kappa shape index (κ1) is 19.0. The first-order valence-corrected chi connectivity index (χ1v) is 7.81. The Labute approximate surface area is 150 Å². The lowest BCUT2D eigenvalue weighted by molar-refractivity contribution is -0.119. The van der Waals surface area contributed by atoms with E-state index in [0.717, 1.165) is 0 Å². The number of methoxy groups -OCH3 is 1. The first-order chi connectivity index (χ1) is 12.3. The SMILES string of the molecule is COc1cc(C)n(C)c(=O)c1C(=O)/C=C/c1cccc(OCC(N)=O)c1. The summed E-state index contributed by atoms with van der Waals surface area (Å²) in [5.41, 5.74) is 5.94. The number of hydrogen-bond acceptors (Lipinski definition) is 5. The predicted molar refractivity (Wildman–Crippen MR) is 97.5 cm³/mol. The van der Waals surface area contributed by atoms with Crippen LogP contribution in [0.25, 0.3) is 6.08 Å². The van der Waals surface area contributed by atoms with Gasteiger partial charge in [-0.2, -0.15) is 0 Å². The number of pyridine rings is 1. The molecule has 2 rings (SSSR count). The molecule has 2 aromatic rings. The zero-order valence-corrected chi connectivity index (χ0v) is 14.8. The van der Waals surface area contributed by atoms with Gasteiger partial charge in [0.05, 0.1) is 7.11 Å². The largest absolute Gasteiger partial charge is 0.496 e. The van der Waals surface area contributed by atoms with E-state index in [2.05, 4.69) is 0 Å². The molecule has 0 aliphatic rings. The Bertz CT molecular complexity index is 928. The van der Waals surface area contributed by atoms with Crippen molar-refractivity contribution in [3.63, 3.8) is 0 Å². The van der Waals surface area contributed by atoms with E-state index in [0.29, 0.717) is 17.0 Å². The summed E-state index contributed by atoms with van der Waals surface area (Å²) in [7, 11) is 3.01.